The van der Waals surface area contributed by atoms with E-state index < -0.39 is 0 Å². The van der Waals surface area contributed by atoms with E-state index in [4.69, 9.17) is 5.73 Å². The molecule has 5 heteroatoms. The number of nitrogens with one attached hydrogen (secondary N) is 1. The maximum atomic E-state index is 12.2. The van der Waals surface area contributed by atoms with Gasteiger partial charge in [0.2, 0.25) is 0 Å². The van der Waals surface area contributed by atoms with Gasteiger partial charge in [0.25, 0.3) is 5.56 Å². The van der Waals surface area contributed by atoms with Crippen molar-refractivity contribution in [3.8, 4) is 16.9 Å². The van der Waals surface area contributed by atoms with E-state index in [9.17, 15) is 9.90 Å². The molecular weight excluding hydrogens is 332 g/mol. The van der Waals surface area contributed by atoms with Crippen LogP contribution in [0.2, 0.25) is 0 Å². The second kappa shape index (κ2) is 6.02. The number of hydrogen-bond acceptors (Lipinski definition) is 4. The van der Waals surface area contributed by atoms with Gasteiger partial charge >= 0.3 is 0 Å². The zero-order valence-electron chi connectivity index (χ0n) is 13.7. The van der Waals surface area contributed by atoms with Crippen LogP contribution in [-0.4, -0.2) is 16.6 Å². The predicted molar refractivity (Wildman–Crippen MR) is 105 cm³/mol. The number of benzene rings is 2. The molecule has 0 bridgehead atoms. The monoisotopic (exact) mass is 350 g/mol. The number of aromatic amines is 1. The molecule has 4 rings (SSSR count). The van der Waals surface area contributed by atoms with Gasteiger partial charge in [0.15, 0.2) is 0 Å². The number of pyridine rings is 1. The van der Waals surface area contributed by atoms with Gasteiger partial charge < -0.3 is 15.8 Å². The van der Waals surface area contributed by atoms with Gasteiger partial charge in [-0.3, -0.25) is 4.79 Å². The Balaban J connectivity index is 2.02. The molecule has 0 aliphatic rings. The van der Waals surface area contributed by atoms with Gasteiger partial charge in [-0.1, -0.05) is 31.2 Å². The molecule has 0 saturated heterocycles. The maximum Gasteiger partial charge on any atom is 0.266 e. The second-order valence-electron chi connectivity index (χ2n) is 6.26. The Labute approximate surface area is 148 Å². The smallest absolute Gasteiger partial charge is 0.266 e. The lowest BCUT2D eigenvalue weighted by Crippen LogP contribution is -2.08. The molecule has 0 saturated carbocycles. The Bertz CT molecular complexity index is 1130. The van der Waals surface area contributed by atoms with E-state index in [0.29, 0.717) is 11.2 Å². The average Bonchev–Trinajstić information content (AvgIpc) is 3.12. The molecule has 1 atom stereocenters. The normalized spacial score (nSPS) is 12.7. The number of hydrogen-bond donors (Lipinski definition) is 3. The first kappa shape index (κ1) is 15.9. The molecule has 2 aromatic carbocycles. The number of phenols is 1. The van der Waals surface area contributed by atoms with Crippen LogP contribution in [-0.2, 0) is 0 Å². The maximum absolute atomic E-state index is 12.2. The van der Waals surface area contributed by atoms with Crippen LogP contribution < -0.4 is 11.3 Å². The number of rotatable bonds is 3. The number of thiophene rings is 1. The molecule has 2 heterocycles. The largest absolute Gasteiger partial charge is 0.507 e. The van der Waals surface area contributed by atoms with Crippen LogP contribution in [0.4, 0.5) is 0 Å². The summed E-state index contributed by atoms with van der Waals surface area (Å²) in [5, 5.41) is 14.2. The Morgan fingerprint density at radius 1 is 1.16 bits per heavy atom. The first-order valence-electron chi connectivity index (χ1n) is 8.15. The summed E-state index contributed by atoms with van der Waals surface area (Å²) >= 11 is 1.41. The van der Waals surface area contributed by atoms with Crippen molar-refractivity contribution in [1.82, 2.24) is 4.98 Å². The minimum atomic E-state index is -0.0961. The van der Waals surface area contributed by atoms with E-state index in [0.717, 1.165) is 27.4 Å². The summed E-state index contributed by atoms with van der Waals surface area (Å²) < 4.78 is 0.674. The van der Waals surface area contributed by atoms with Crippen molar-refractivity contribution in [3.05, 3.63) is 63.8 Å². The molecule has 25 heavy (non-hydrogen) atoms. The summed E-state index contributed by atoms with van der Waals surface area (Å²) in [6, 6.07) is 13.4. The second-order valence-corrected chi connectivity index (χ2v) is 7.17. The highest BCUT2D eigenvalue weighted by atomic mass is 32.1. The van der Waals surface area contributed by atoms with Gasteiger partial charge in [-0.25, -0.2) is 0 Å². The summed E-state index contributed by atoms with van der Waals surface area (Å²) in [4.78, 5) is 15.1. The minimum Gasteiger partial charge on any atom is -0.507 e. The van der Waals surface area contributed by atoms with Gasteiger partial charge in [0.05, 0.1) is 0 Å². The Morgan fingerprint density at radius 2 is 1.92 bits per heavy atom. The fourth-order valence-electron chi connectivity index (χ4n) is 3.24. The van der Waals surface area contributed by atoms with Crippen molar-refractivity contribution in [3.63, 3.8) is 0 Å². The van der Waals surface area contributed by atoms with Gasteiger partial charge in [-0.15, -0.1) is 11.3 Å². The summed E-state index contributed by atoms with van der Waals surface area (Å²) in [5.41, 5.74) is 9.19. The molecular formula is C20H18N2O2S. The Hall–Kier alpha value is -2.63. The molecule has 0 aliphatic carbocycles. The first-order valence-corrected chi connectivity index (χ1v) is 9.03. The minimum absolute atomic E-state index is 0.0961. The fourth-order valence-corrected chi connectivity index (χ4v) is 4.04. The zero-order valence-corrected chi connectivity index (χ0v) is 14.6. The number of fused-ring (bicyclic) bond motifs is 3. The summed E-state index contributed by atoms with van der Waals surface area (Å²) in [5.74, 6) is 0.488. The standard InChI is InChI=1S/C20H18N2O2S/c1-11(10-21)12-2-4-13(5-3-12)17-16(23)7-6-15-18(17)14-8-9-25-19(14)20(24)22-15/h2-9,11,23H,10,21H2,1H3,(H,22,24)/t11-/m1/s1. The Morgan fingerprint density at radius 3 is 2.64 bits per heavy atom. The highest BCUT2D eigenvalue weighted by molar-refractivity contribution is 7.17. The van der Waals surface area contributed by atoms with E-state index in [2.05, 4.69) is 11.9 Å². The molecule has 0 unspecified atom stereocenters. The van der Waals surface area contributed by atoms with Gasteiger partial charge in [-0.05, 0) is 47.2 Å². The van der Waals surface area contributed by atoms with Crippen molar-refractivity contribution in [2.24, 2.45) is 5.73 Å². The van der Waals surface area contributed by atoms with Crippen LogP contribution in [0.25, 0.3) is 32.1 Å². The highest BCUT2D eigenvalue weighted by Gasteiger charge is 2.15. The lowest BCUT2D eigenvalue weighted by molar-refractivity contribution is 0.478. The van der Waals surface area contributed by atoms with E-state index in [1.165, 1.54) is 16.9 Å². The summed E-state index contributed by atoms with van der Waals surface area (Å²) in [7, 11) is 0. The Kier molecular flexibility index (Phi) is 3.82. The van der Waals surface area contributed by atoms with Crippen molar-refractivity contribution in [2.75, 3.05) is 6.54 Å². The number of phenolic OH excluding ortho intramolecular Hbond substituents is 1. The van der Waals surface area contributed by atoms with E-state index in [-0.39, 0.29) is 17.2 Å². The van der Waals surface area contributed by atoms with Crippen LogP contribution in [0, 0.1) is 0 Å². The van der Waals surface area contributed by atoms with Crippen LogP contribution >= 0.6 is 11.3 Å². The highest BCUT2D eigenvalue weighted by Crippen LogP contribution is 2.39. The van der Waals surface area contributed by atoms with E-state index >= 15 is 0 Å². The molecule has 126 valence electrons. The third kappa shape index (κ3) is 2.52. The van der Waals surface area contributed by atoms with E-state index in [1.807, 2.05) is 35.7 Å². The summed E-state index contributed by atoms with van der Waals surface area (Å²) in [6.45, 7) is 2.68. The van der Waals surface area contributed by atoms with Crippen LogP contribution in [0.5, 0.6) is 5.75 Å². The van der Waals surface area contributed by atoms with Gasteiger partial charge in [0.1, 0.15) is 10.4 Å². The SMILES string of the molecule is C[C@H](CN)c1ccc(-c2c(O)ccc3[nH]c(=O)c4sccc4c23)cc1. The third-order valence-corrected chi connectivity index (χ3v) is 5.61. The number of nitrogens with two attached hydrogens (primary N) is 1. The quantitative estimate of drug-likeness (QED) is 0.519. The van der Waals surface area contributed by atoms with E-state index in [1.54, 1.807) is 12.1 Å². The van der Waals surface area contributed by atoms with Crippen molar-refractivity contribution in [2.45, 2.75) is 12.8 Å². The fraction of sp³-hybridized carbons (Fsp3) is 0.150. The predicted octanol–water partition coefficient (Wildman–Crippen LogP) is 4.18. The number of aromatic nitrogens is 1. The average molecular weight is 350 g/mol. The molecule has 0 radical (unpaired) electrons. The van der Waals surface area contributed by atoms with Gasteiger partial charge in [0, 0.05) is 21.9 Å². The molecule has 0 spiro atoms. The lowest BCUT2D eigenvalue weighted by Gasteiger charge is -2.13. The van der Waals surface area contributed by atoms with Crippen LogP contribution in [0.15, 0.2) is 52.6 Å². The van der Waals surface area contributed by atoms with Crippen molar-refractivity contribution >= 4 is 32.3 Å². The topological polar surface area (TPSA) is 79.1 Å². The molecule has 4 nitrogen and oxygen atoms in total. The zero-order chi connectivity index (χ0) is 17.6. The summed E-state index contributed by atoms with van der Waals surface area (Å²) in [6.07, 6.45) is 0. The van der Waals surface area contributed by atoms with Crippen LogP contribution in [0.1, 0.15) is 18.4 Å². The molecule has 4 N–H and O–H groups in total. The van der Waals surface area contributed by atoms with Crippen molar-refractivity contribution in [1.29, 1.82) is 0 Å². The lowest BCUT2D eigenvalue weighted by atomic mass is 9.94. The molecule has 0 aliphatic heterocycles. The number of H-pyrrole nitrogens is 1. The first-order chi connectivity index (χ1) is 12.1. The third-order valence-electron chi connectivity index (χ3n) is 4.69. The van der Waals surface area contributed by atoms with Crippen LogP contribution in [0.3, 0.4) is 0 Å². The molecule has 2 aromatic heterocycles. The van der Waals surface area contributed by atoms with Gasteiger partial charge in [-0.2, -0.15) is 0 Å². The molecule has 0 amide bonds. The molecule has 4 aromatic rings. The molecule has 0 fully saturated rings. The van der Waals surface area contributed by atoms with Crippen molar-refractivity contribution < 1.29 is 5.11 Å². The number of aromatic hydroxyl groups is 1.